The van der Waals surface area contributed by atoms with Gasteiger partial charge >= 0.3 is 0 Å². The fourth-order valence-corrected chi connectivity index (χ4v) is 11.8. The van der Waals surface area contributed by atoms with Crippen LogP contribution in [0.4, 0.5) is 0 Å². The van der Waals surface area contributed by atoms with Crippen molar-refractivity contribution in [3.05, 3.63) is 109 Å². The first-order valence-corrected chi connectivity index (χ1v) is 37.1. The molecule has 19 heteroatoms. The molecule has 3 fully saturated rings. The molecule has 3 heterocycles. The minimum Gasteiger partial charge on any atom is -0.394 e. The topological polar surface area (TPSA) is 307 Å². The Kier molecular flexibility index (Phi) is 51.6. The first-order chi connectivity index (χ1) is 46.8. The number of hydrogen-bond acceptors (Lipinski definition) is 18. The molecular formula is C77H131NO18. The molecule has 17 atom stereocenters. The molecule has 3 rings (SSSR count). The number of hydrogen-bond donors (Lipinski definition) is 12. The average molecular weight is 1360 g/mol. The maximum absolute atomic E-state index is 13.4. The number of carbonyl (C=O) groups is 1. The van der Waals surface area contributed by atoms with Crippen LogP contribution in [0.1, 0.15) is 239 Å². The second-order valence-electron chi connectivity index (χ2n) is 26.0. The number of allylic oxidation sites excluding steroid dienone is 17. The monoisotopic (exact) mass is 1360 g/mol. The number of aliphatic hydroxyl groups excluding tert-OH is 11. The van der Waals surface area contributed by atoms with Crippen LogP contribution < -0.4 is 5.32 Å². The number of aliphatic hydroxyl groups is 11. The van der Waals surface area contributed by atoms with E-state index in [-0.39, 0.29) is 18.9 Å². The van der Waals surface area contributed by atoms with Crippen LogP contribution in [0.15, 0.2) is 109 Å². The Morgan fingerprint density at radius 1 is 0.385 bits per heavy atom. The number of unbranched alkanes of at least 4 members (excludes halogenated alkanes) is 24. The third-order valence-electron chi connectivity index (χ3n) is 17.8. The van der Waals surface area contributed by atoms with Gasteiger partial charge in [-0.2, -0.15) is 0 Å². The van der Waals surface area contributed by atoms with Gasteiger partial charge in [-0.1, -0.05) is 252 Å². The molecule has 0 aromatic heterocycles. The lowest BCUT2D eigenvalue weighted by Gasteiger charge is -2.48. The molecule has 1 amide bonds. The van der Waals surface area contributed by atoms with Crippen molar-refractivity contribution in [1.29, 1.82) is 0 Å². The quantitative estimate of drug-likeness (QED) is 0.0199. The van der Waals surface area contributed by atoms with Gasteiger partial charge < -0.3 is 89.9 Å². The van der Waals surface area contributed by atoms with Crippen LogP contribution in [0, 0.1) is 0 Å². The van der Waals surface area contributed by atoms with Gasteiger partial charge in [-0.15, -0.1) is 0 Å². The van der Waals surface area contributed by atoms with Gasteiger partial charge in [0, 0.05) is 6.42 Å². The number of rotatable bonds is 56. The van der Waals surface area contributed by atoms with Gasteiger partial charge in [-0.05, 0) is 89.9 Å². The van der Waals surface area contributed by atoms with Crippen LogP contribution >= 0.6 is 0 Å². The van der Waals surface area contributed by atoms with Crippen molar-refractivity contribution in [2.75, 3.05) is 26.4 Å². The molecule has 19 nitrogen and oxygen atoms in total. The van der Waals surface area contributed by atoms with E-state index in [2.05, 4.69) is 116 Å². The molecular weight excluding hydrogens is 1230 g/mol. The summed E-state index contributed by atoms with van der Waals surface area (Å²) in [4.78, 5) is 13.4. The fourth-order valence-electron chi connectivity index (χ4n) is 11.8. The summed E-state index contributed by atoms with van der Waals surface area (Å²) in [5.41, 5.74) is 0. The molecule has 0 aromatic rings. The van der Waals surface area contributed by atoms with Crippen LogP contribution in [-0.2, 0) is 33.2 Å². The summed E-state index contributed by atoms with van der Waals surface area (Å²) in [6, 6.07) is -1.01. The Morgan fingerprint density at radius 3 is 1.17 bits per heavy atom. The Hall–Kier alpha value is -3.55. The number of carbonyl (C=O) groups excluding carboxylic acids is 1. The molecule has 0 bridgehead atoms. The van der Waals surface area contributed by atoms with E-state index in [0.29, 0.717) is 12.8 Å². The van der Waals surface area contributed by atoms with Gasteiger partial charge in [0.25, 0.3) is 0 Å². The summed E-state index contributed by atoms with van der Waals surface area (Å²) in [7, 11) is 0. The standard InChI is InChI=1S/C77H131NO18/c1-3-5-7-9-11-13-15-17-19-21-23-25-27-29-30-31-33-35-37-39-41-43-45-47-49-51-53-55-65(83)78-60(61(82)54-52-50-48-46-44-42-40-38-36-34-32-28-26-24-22-20-18-16-14-12-10-8-6-4-2)59-91-75-71(89)68(86)73(63(57-80)93-75)96-77-72(90)69(87)74(64(58-81)94-77)95-76-70(88)67(85)66(84)62(56-79)92-76/h5,7,11,13,17,19,23,25,29-30,33,35,39,41,44,46,52,54,60-64,66-77,79-82,84-90H,3-4,6,8-10,12,14-16,18,20-22,24,26-28,31-32,34,36-38,40,42-43,45,47-51,53,55-59H2,1-2H3,(H,78,83)/b7-5-,13-11-,19-17-,25-23-,30-29-,35-33-,41-39-,46-44+,54-52+. The summed E-state index contributed by atoms with van der Waals surface area (Å²) in [6.45, 7) is 1.59. The molecule has 3 aliphatic heterocycles. The van der Waals surface area contributed by atoms with Crippen molar-refractivity contribution < 1.29 is 89.4 Å². The van der Waals surface area contributed by atoms with Crippen LogP contribution in [0.3, 0.4) is 0 Å². The molecule has 0 radical (unpaired) electrons. The van der Waals surface area contributed by atoms with E-state index in [1.165, 1.54) is 109 Å². The zero-order valence-electron chi connectivity index (χ0n) is 58.6. The smallest absolute Gasteiger partial charge is 0.220 e. The van der Waals surface area contributed by atoms with Gasteiger partial charge in [0.1, 0.15) is 73.2 Å². The van der Waals surface area contributed by atoms with Crippen molar-refractivity contribution >= 4 is 5.91 Å². The summed E-state index contributed by atoms with van der Waals surface area (Å²) < 4.78 is 34.4. The van der Waals surface area contributed by atoms with E-state index in [4.69, 9.17) is 28.4 Å². The highest BCUT2D eigenvalue weighted by atomic mass is 16.8. The number of ether oxygens (including phenoxy) is 6. The van der Waals surface area contributed by atoms with Gasteiger partial charge in [0.05, 0.1) is 38.6 Å². The van der Waals surface area contributed by atoms with Crippen molar-refractivity contribution in [3.63, 3.8) is 0 Å². The Labute approximate surface area is 576 Å². The highest BCUT2D eigenvalue weighted by Gasteiger charge is 2.53. The minimum atomic E-state index is -1.99. The van der Waals surface area contributed by atoms with Gasteiger partial charge in [0.2, 0.25) is 5.91 Å². The Balaban J connectivity index is 1.44. The van der Waals surface area contributed by atoms with Gasteiger partial charge in [-0.25, -0.2) is 0 Å². The first-order valence-electron chi connectivity index (χ1n) is 37.1. The maximum Gasteiger partial charge on any atom is 0.220 e. The molecule has 0 aliphatic carbocycles. The molecule has 3 saturated heterocycles. The van der Waals surface area contributed by atoms with Gasteiger partial charge in [-0.3, -0.25) is 4.79 Å². The highest BCUT2D eigenvalue weighted by molar-refractivity contribution is 5.76. The lowest BCUT2D eigenvalue weighted by molar-refractivity contribution is -0.379. The van der Waals surface area contributed by atoms with E-state index in [1.807, 2.05) is 6.08 Å². The van der Waals surface area contributed by atoms with Crippen molar-refractivity contribution in [2.24, 2.45) is 0 Å². The highest BCUT2D eigenvalue weighted by Crippen LogP contribution is 2.33. The fraction of sp³-hybridized carbons (Fsp3) is 0.753. The predicted molar refractivity (Wildman–Crippen MR) is 378 cm³/mol. The summed E-state index contributed by atoms with van der Waals surface area (Å²) in [6.07, 6.45) is 50.6. The third-order valence-corrected chi connectivity index (χ3v) is 17.8. The third kappa shape index (κ3) is 37.8. The summed E-state index contributed by atoms with van der Waals surface area (Å²) in [5, 5.41) is 121. The van der Waals surface area contributed by atoms with Crippen molar-refractivity contribution in [1.82, 2.24) is 5.32 Å². The number of amides is 1. The van der Waals surface area contributed by atoms with E-state index >= 15 is 0 Å². The van der Waals surface area contributed by atoms with E-state index < -0.39 is 124 Å². The second-order valence-corrected chi connectivity index (χ2v) is 26.0. The van der Waals surface area contributed by atoms with E-state index in [0.717, 1.165) is 96.3 Å². The summed E-state index contributed by atoms with van der Waals surface area (Å²) >= 11 is 0. The zero-order valence-corrected chi connectivity index (χ0v) is 58.6. The lowest BCUT2D eigenvalue weighted by atomic mass is 9.96. The van der Waals surface area contributed by atoms with Crippen LogP contribution in [0.5, 0.6) is 0 Å². The molecule has 3 aliphatic rings. The van der Waals surface area contributed by atoms with E-state index in [9.17, 15) is 61.0 Å². The molecule has 12 N–H and O–H groups in total. The zero-order chi connectivity index (χ0) is 69.6. The van der Waals surface area contributed by atoms with E-state index in [1.54, 1.807) is 6.08 Å². The second kappa shape index (κ2) is 57.1. The SMILES string of the molecule is CC/C=C\C/C=C\C/C=C\C/C=C\C/C=C\C/C=C\C/C=C\CCCCCCCC(=O)NC(COC1OC(CO)C(OC2OC(CO)C(OC3OC(CO)C(O)C(O)C3O)C(O)C2O)C(O)C1O)C(O)/C=C/CC/C=C/CCCCCCCCCCCCCCCCCCCC. The van der Waals surface area contributed by atoms with Crippen LogP contribution in [-0.4, -0.2) is 193 Å². The van der Waals surface area contributed by atoms with Crippen molar-refractivity contribution in [2.45, 2.75) is 343 Å². The van der Waals surface area contributed by atoms with Crippen molar-refractivity contribution in [3.8, 4) is 0 Å². The maximum atomic E-state index is 13.4. The summed E-state index contributed by atoms with van der Waals surface area (Å²) in [5.74, 6) is -0.307. The minimum absolute atomic E-state index is 0.206. The average Bonchev–Trinajstić information content (AvgIpc) is 1.09. The lowest BCUT2D eigenvalue weighted by Crippen LogP contribution is -2.66. The Bertz CT molecular complexity index is 2160. The van der Waals surface area contributed by atoms with Crippen LogP contribution in [0.2, 0.25) is 0 Å². The molecule has 0 saturated carbocycles. The molecule has 17 unspecified atom stereocenters. The molecule has 552 valence electrons. The predicted octanol–water partition coefficient (Wildman–Crippen LogP) is 11.0. The number of nitrogens with one attached hydrogen (secondary N) is 1. The molecule has 0 aromatic carbocycles. The largest absolute Gasteiger partial charge is 0.394 e. The Morgan fingerprint density at radius 2 is 0.729 bits per heavy atom. The van der Waals surface area contributed by atoms with Crippen LogP contribution in [0.25, 0.3) is 0 Å². The molecule has 0 spiro atoms. The molecule has 96 heavy (non-hydrogen) atoms. The van der Waals surface area contributed by atoms with Gasteiger partial charge in [0.15, 0.2) is 18.9 Å². The normalized spacial score (nSPS) is 27.7. The first kappa shape index (κ1) is 86.7.